The Morgan fingerprint density at radius 2 is 2.20 bits per heavy atom. The van der Waals surface area contributed by atoms with Gasteiger partial charge in [0.1, 0.15) is 10.7 Å². The molecule has 1 N–H and O–H groups in total. The van der Waals surface area contributed by atoms with Gasteiger partial charge >= 0.3 is 0 Å². The van der Waals surface area contributed by atoms with Gasteiger partial charge in [-0.25, -0.2) is 0 Å². The maximum atomic E-state index is 4.22. The van der Waals surface area contributed by atoms with E-state index in [1.165, 1.54) is 17.1 Å². The third kappa shape index (κ3) is 4.54. The highest BCUT2D eigenvalue weighted by atomic mass is 79.9. The predicted molar refractivity (Wildman–Crippen MR) is 88.0 cm³/mol. The smallest absolute Gasteiger partial charge is 0.134 e. The topological polar surface area (TPSA) is 41.1 Å². The number of nitrogens with zero attached hydrogens (tertiary/aromatic N) is 3. The highest BCUT2D eigenvalue weighted by Gasteiger charge is 2.10. The molecule has 2 aromatic rings. The van der Waals surface area contributed by atoms with Crippen molar-refractivity contribution in [2.45, 2.75) is 26.4 Å². The number of benzene rings is 1. The Labute approximate surface area is 132 Å². The van der Waals surface area contributed by atoms with Gasteiger partial charge in [0.25, 0.3) is 0 Å². The van der Waals surface area contributed by atoms with Gasteiger partial charge in [-0.2, -0.15) is 0 Å². The number of hydrogen-bond donors (Lipinski definition) is 1. The van der Waals surface area contributed by atoms with Crippen molar-refractivity contribution in [2.75, 3.05) is 18.9 Å². The van der Waals surface area contributed by atoms with Crippen LogP contribution in [0.3, 0.4) is 0 Å². The summed E-state index contributed by atoms with van der Waals surface area (Å²) in [6.07, 6.45) is 1.10. The molecule has 0 aliphatic heterocycles. The summed E-state index contributed by atoms with van der Waals surface area (Å²) in [6.45, 7) is 4.81. The SMILES string of the molecule is CCCNc1snnc1CN(C)Cc1cccc(Br)c1. The van der Waals surface area contributed by atoms with Crippen LogP contribution in [0, 0.1) is 0 Å². The van der Waals surface area contributed by atoms with E-state index < -0.39 is 0 Å². The number of nitrogens with one attached hydrogen (secondary N) is 1. The summed E-state index contributed by atoms with van der Waals surface area (Å²) in [4.78, 5) is 2.25. The number of hydrogen-bond acceptors (Lipinski definition) is 5. The lowest BCUT2D eigenvalue weighted by Crippen LogP contribution is -2.18. The summed E-state index contributed by atoms with van der Waals surface area (Å²) in [7, 11) is 2.10. The Hall–Kier alpha value is -0.980. The fourth-order valence-corrected chi connectivity index (χ4v) is 2.99. The first-order valence-corrected chi connectivity index (χ1v) is 8.23. The van der Waals surface area contributed by atoms with Gasteiger partial charge in [0, 0.05) is 35.6 Å². The van der Waals surface area contributed by atoms with Crippen LogP contribution in [-0.2, 0) is 13.1 Å². The van der Waals surface area contributed by atoms with E-state index in [4.69, 9.17) is 0 Å². The molecule has 0 fully saturated rings. The van der Waals surface area contributed by atoms with Crippen LogP contribution in [0.4, 0.5) is 5.00 Å². The van der Waals surface area contributed by atoms with Gasteiger partial charge in [-0.3, -0.25) is 4.90 Å². The molecule has 1 heterocycles. The molecule has 0 spiro atoms. The first-order chi connectivity index (χ1) is 9.69. The van der Waals surface area contributed by atoms with Crippen molar-refractivity contribution in [2.24, 2.45) is 0 Å². The monoisotopic (exact) mass is 354 g/mol. The molecule has 0 amide bonds. The quantitative estimate of drug-likeness (QED) is 0.821. The molecule has 0 aliphatic carbocycles. The van der Waals surface area contributed by atoms with E-state index >= 15 is 0 Å². The molecule has 0 atom stereocenters. The molecule has 20 heavy (non-hydrogen) atoms. The van der Waals surface area contributed by atoms with Crippen LogP contribution in [0.15, 0.2) is 28.7 Å². The van der Waals surface area contributed by atoms with E-state index in [0.29, 0.717) is 0 Å². The minimum absolute atomic E-state index is 0.801. The lowest BCUT2D eigenvalue weighted by atomic mass is 10.2. The second kappa shape index (κ2) is 7.71. The van der Waals surface area contributed by atoms with Crippen molar-refractivity contribution >= 4 is 32.5 Å². The fourth-order valence-electron chi connectivity index (χ4n) is 1.94. The molecule has 1 aromatic heterocycles. The summed E-state index contributed by atoms with van der Waals surface area (Å²) >= 11 is 4.94. The Balaban J connectivity index is 1.94. The first-order valence-electron chi connectivity index (χ1n) is 6.67. The van der Waals surface area contributed by atoms with Crippen molar-refractivity contribution in [3.63, 3.8) is 0 Å². The van der Waals surface area contributed by atoms with E-state index in [0.717, 1.165) is 41.2 Å². The van der Waals surface area contributed by atoms with Crippen LogP contribution >= 0.6 is 27.5 Å². The maximum absolute atomic E-state index is 4.22. The number of anilines is 1. The molecule has 2 rings (SSSR count). The zero-order chi connectivity index (χ0) is 14.4. The van der Waals surface area contributed by atoms with E-state index in [1.807, 2.05) is 6.07 Å². The van der Waals surface area contributed by atoms with Crippen LogP contribution in [0.1, 0.15) is 24.6 Å². The van der Waals surface area contributed by atoms with Gasteiger partial charge in [-0.1, -0.05) is 39.5 Å². The zero-order valence-corrected chi connectivity index (χ0v) is 14.2. The van der Waals surface area contributed by atoms with E-state index in [2.05, 4.69) is 67.9 Å². The highest BCUT2D eigenvalue weighted by molar-refractivity contribution is 9.10. The summed E-state index contributed by atoms with van der Waals surface area (Å²) in [5.41, 5.74) is 2.31. The highest BCUT2D eigenvalue weighted by Crippen LogP contribution is 2.20. The molecule has 108 valence electrons. The molecular formula is C14H19BrN4S. The fraction of sp³-hybridized carbons (Fsp3) is 0.429. The minimum Gasteiger partial charge on any atom is -0.374 e. The molecule has 0 saturated heterocycles. The lowest BCUT2D eigenvalue weighted by molar-refractivity contribution is 0.315. The molecule has 0 bridgehead atoms. The van der Waals surface area contributed by atoms with Gasteiger partial charge in [-0.05, 0) is 31.2 Å². The average molecular weight is 355 g/mol. The Bertz CT molecular complexity index is 543. The minimum atomic E-state index is 0.801. The van der Waals surface area contributed by atoms with Gasteiger partial charge in [0.15, 0.2) is 0 Å². The van der Waals surface area contributed by atoms with Crippen molar-refractivity contribution in [3.05, 3.63) is 40.0 Å². The second-order valence-corrected chi connectivity index (χ2v) is 6.45. The van der Waals surface area contributed by atoms with Gasteiger partial charge in [-0.15, -0.1) is 5.10 Å². The van der Waals surface area contributed by atoms with Gasteiger partial charge < -0.3 is 5.32 Å². The molecule has 0 unspecified atom stereocenters. The second-order valence-electron chi connectivity index (χ2n) is 4.78. The van der Waals surface area contributed by atoms with Crippen molar-refractivity contribution < 1.29 is 0 Å². The van der Waals surface area contributed by atoms with E-state index in [-0.39, 0.29) is 0 Å². The summed E-state index contributed by atoms with van der Waals surface area (Å²) in [6, 6.07) is 8.38. The normalized spacial score (nSPS) is 11.0. The third-order valence-corrected chi connectivity index (χ3v) is 4.07. The Morgan fingerprint density at radius 1 is 1.35 bits per heavy atom. The summed E-state index contributed by atoms with van der Waals surface area (Å²) in [5, 5.41) is 8.69. The largest absolute Gasteiger partial charge is 0.374 e. The van der Waals surface area contributed by atoms with E-state index in [1.54, 1.807) is 0 Å². The van der Waals surface area contributed by atoms with Crippen LogP contribution < -0.4 is 5.32 Å². The van der Waals surface area contributed by atoms with E-state index in [9.17, 15) is 0 Å². The third-order valence-electron chi connectivity index (χ3n) is 2.85. The predicted octanol–water partition coefficient (Wildman–Crippen LogP) is 3.75. The van der Waals surface area contributed by atoms with Crippen LogP contribution in [0.25, 0.3) is 0 Å². The molecule has 0 aliphatic rings. The summed E-state index contributed by atoms with van der Waals surface area (Å²) in [5.74, 6) is 0. The number of aromatic nitrogens is 2. The number of halogens is 1. The Kier molecular flexibility index (Phi) is 5.94. The zero-order valence-electron chi connectivity index (χ0n) is 11.8. The number of rotatable bonds is 7. The molecule has 6 heteroatoms. The van der Waals surface area contributed by atoms with Gasteiger partial charge in [0.05, 0.1) is 0 Å². The van der Waals surface area contributed by atoms with Crippen LogP contribution in [-0.4, -0.2) is 28.1 Å². The molecule has 1 aromatic carbocycles. The van der Waals surface area contributed by atoms with Crippen molar-refractivity contribution in [3.8, 4) is 0 Å². The molecule has 0 saturated carbocycles. The molecule has 0 radical (unpaired) electrons. The van der Waals surface area contributed by atoms with Crippen LogP contribution in [0.2, 0.25) is 0 Å². The van der Waals surface area contributed by atoms with Crippen molar-refractivity contribution in [1.29, 1.82) is 0 Å². The molecular weight excluding hydrogens is 336 g/mol. The van der Waals surface area contributed by atoms with Crippen molar-refractivity contribution in [1.82, 2.24) is 14.5 Å². The first kappa shape index (κ1) is 15.4. The molecule has 4 nitrogen and oxygen atoms in total. The maximum Gasteiger partial charge on any atom is 0.134 e. The van der Waals surface area contributed by atoms with Gasteiger partial charge in [0.2, 0.25) is 0 Å². The lowest BCUT2D eigenvalue weighted by Gasteiger charge is -2.16. The summed E-state index contributed by atoms with van der Waals surface area (Å²) < 4.78 is 5.16. The van der Waals surface area contributed by atoms with Crippen LogP contribution in [0.5, 0.6) is 0 Å². The average Bonchev–Trinajstić information content (AvgIpc) is 2.83. The Morgan fingerprint density at radius 3 is 2.95 bits per heavy atom. The standard InChI is InChI=1S/C14H19BrN4S/c1-3-7-16-14-13(17-18-20-14)10-19(2)9-11-5-4-6-12(15)8-11/h4-6,8,16H,3,7,9-10H2,1-2H3.